The highest BCUT2D eigenvalue weighted by atomic mass is 16.5. The second-order valence-corrected chi connectivity index (χ2v) is 4.96. The van der Waals surface area contributed by atoms with Crippen LogP contribution in [-0.4, -0.2) is 38.5 Å². The van der Waals surface area contributed by atoms with Crippen LogP contribution >= 0.6 is 0 Å². The van der Waals surface area contributed by atoms with E-state index in [-0.39, 0.29) is 11.1 Å². The largest absolute Gasteiger partial charge is 0.383 e. The van der Waals surface area contributed by atoms with Gasteiger partial charge in [0.1, 0.15) is 0 Å². The van der Waals surface area contributed by atoms with Gasteiger partial charge in [-0.25, -0.2) is 0 Å². The smallest absolute Gasteiger partial charge is 0.0639 e. The summed E-state index contributed by atoms with van der Waals surface area (Å²) in [6.07, 6.45) is 0.997. The number of rotatable bonds is 7. The van der Waals surface area contributed by atoms with Gasteiger partial charge in [-0.15, -0.1) is 0 Å². The molecular weight excluding hydrogens is 178 g/mol. The molecule has 0 atom stereocenters. The van der Waals surface area contributed by atoms with Crippen molar-refractivity contribution in [3.8, 4) is 0 Å². The van der Waals surface area contributed by atoms with Crippen molar-refractivity contribution in [3.05, 3.63) is 0 Å². The van der Waals surface area contributed by atoms with Gasteiger partial charge < -0.3 is 14.8 Å². The Morgan fingerprint density at radius 1 is 1.07 bits per heavy atom. The Morgan fingerprint density at radius 2 is 1.64 bits per heavy atom. The molecule has 0 aromatic carbocycles. The van der Waals surface area contributed by atoms with Crippen molar-refractivity contribution >= 4 is 0 Å². The van der Waals surface area contributed by atoms with Crippen molar-refractivity contribution in [1.29, 1.82) is 0 Å². The van der Waals surface area contributed by atoms with Crippen LogP contribution in [0.4, 0.5) is 0 Å². The first kappa shape index (κ1) is 13.9. The summed E-state index contributed by atoms with van der Waals surface area (Å²) in [6.45, 7) is 10.1. The topological polar surface area (TPSA) is 30.5 Å². The lowest BCUT2D eigenvalue weighted by Gasteiger charge is -2.29. The van der Waals surface area contributed by atoms with Gasteiger partial charge in [-0.05, 0) is 40.7 Å². The van der Waals surface area contributed by atoms with E-state index in [1.165, 1.54) is 0 Å². The Kier molecular flexibility index (Phi) is 5.64. The summed E-state index contributed by atoms with van der Waals surface area (Å²) in [6, 6.07) is 0. The number of nitrogens with one attached hydrogen (secondary N) is 1. The predicted octanol–water partition coefficient (Wildman–Crippen LogP) is 1.82. The minimum Gasteiger partial charge on any atom is -0.383 e. The molecule has 1 N–H and O–H groups in total. The van der Waals surface area contributed by atoms with Gasteiger partial charge in [0.2, 0.25) is 0 Å². The molecule has 0 rings (SSSR count). The first-order valence-electron chi connectivity index (χ1n) is 5.12. The third kappa shape index (κ3) is 6.35. The SMILES string of the molecule is COCC(C)(C)NCCC(C)(C)OC. The van der Waals surface area contributed by atoms with Gasteiger partial charge in [-0.3, -0.25) is 0 Å². The van der Waals surface area contributed by atoms with Crippen LogP contribution in [0.25, 0.3) is 0 Å². The molecule has 14 heavy (non-hydrogen) atoms. The van der Waals surface area contributed by atoms with E-state index in [0.717, 1.165) is 19.6 Å². The maximum atomic E-state index is 5.34. The van der Waals surface area contributed by atoms with E-state index in [9.17, 15) is 0 Å². The fourth-order valence-corrected chi connectivity index (χ4v) is 1.22. The molecule has 0 aromatic rings. The van der Waals surface area contributed by atoms with Gasteiger partial charge in [-0.1, -0.05) is 0 Å². The zero-order valence-electron chi connectivity index (χ0n) is 10.4. The van der Waals surface area contributed by atoms with Crippen molar-refractivity contribution in [3.63, 3.8) is 0 Å². The molecule has 0 aliphatic heterocycles. The van der Waals surface area contributed by atoms with E-state index in [0.29, 0.717) is 0 Å². The first-order chi connectivity index (χ1) is 6.33. The third-order valence-corrected chi connectivity index (χ3v) is 2.39. The highest BCUT2D eigenvalue weighted by molar-refractivity contribution is 4.79. The molecule has 3 heteroatoms. The summed E-state index contributed by atoms with van der Waals surface area (Å²) in [5.41, 5.74) is -0.00523. The van der Waals surface area contributed by atoms with E-state index in [4.69, 9.17) is 9.47 Å². The highest BCUT2D eigenvalue weighted by Gasteiger charge is 2.20. The van der Waals surface area contributed by atoms with Gasteiger partial charge in [0, 0.05) is 19.8 Å². The second-order valence-electron chi connectivity index (χ2n) is 4.96. The summed E-state index contributed by atoms with van der Waals surface area (Å²) in [4.78, 5) is 0. The van der Waals surface area contributed by atoms with E-state index in [1.807, 2.05) is 0 Å². The minimum atomic E-state index is -0.0455. The highest BCUT2D eigenvalue weighted by Crippen LogP contribution is 2.12. The van der Waals surface area contributed by atoms with E-state index < -0.39 is 0 Å². The first-order valence-corrected chi connectivity index (χ1v) is 5.12. The lowest BCUT2D eigenvalue weighted by molar-refractivity contribution is 0.0132. The van der Waals surface area contributed by atoms with Gasteiger partial charge in [0.25, 0.3) is 0 Å². The molecule has 0 amide bonds. The molecule has 0 aromatic heterocycles. The quantitative estimate of drug-likeness (QED) is 0.684. The standard InChI is InChI=1S/C11H25NO2/c1-10(2,9-13-5)12-8-7-11(3,4)14-6/h12H,7-9H2,1-6H3. The molecule has 0 spiro atoms. The van der Waals surface area contributed by atoms with E-state index >= 15 is 0 Å². The number of ether oxygens (including phenoxy) is 2. The Labute approximate surface area is 88.2 Å². The molecule has 0 fully saturated rings. The Balaban J connectivity index is 3.73. The second kappa shape index (κ2) is 5.69. The Morgan fingerprint density at radius 3 is 2.07 bits per heavy atom. The van der Waals surface area contributed by atoms with Gasteiger partial charge in [0.15, 0.2) is 0 Å². The molecule has 0 aliphatic rings. The molecule has 0 bridgehead atoms. The van der Waals surface area contributed by atoms with Crippen molar-refractivity contribution in [2.45, 2.75) is 45.3 Å². The number of hydrogen-bond acceptors (Lipinski definition) is 3. The molecule has 3 nitrogen and oxygen atoms in total. The maximum absolute atomic E-state index is 5.34. The zero-order valence-corrected chi connectivity index (χ0v) is 10.4. The van der Waals surface area contributed by atoms with Crippen LogP contribution < -0.4 is 5.32 Å². The molecule has 86 valence electrons. The van der Waals surface area contributed by atoms with Crippen LogP contribution in [0.15, 0.2) is 0 Å². The molecule has 0 aliphatic carbocycles. The van der Waals surface area contributed by atoms with Crippen LogP contribution in [0.5, 0.6) is 0 Å². The number of hydrogen-bond donors (Lipinski definition) is 1. The van der Waals surface area contributed by atoms with E-state index in [1.54, 1.807) is 14.2 Å². The lowest BCUT2D eigenvalue weighted by atomic mass is 10.0. The van der Waals surface area contributed by atoms with Crippen LogP contribution in [0.2, 0.25) is 0 Å². The van der Waals surface area contributed by atoms with Gasteiger partial charge >= 0.3 is 0 Å². The van der Waals surface area contributed by atoms with Crippen LogP contribution in [0.1, 0.15) is 34.1 Å². The molecule has 0 unspecified atom stereocenters. The van der Waals surface area contributed by atoms with Crippen molar-refractivity contribution in [1.82, 2.24) is 5.32 Å². The van der Waals surface area contributed by atoms with E-state index in [2.05, 4.69) is 33.0 Å². The average molecular weight is 203 g/mol. The fourth-order valence-electron chi connectivity index (χ4n) is 1.22. The summed E-state index contributed by atoms with van der Waals surface area (Å²) < 4.78 is 10.5. The fraction of sp³-hybridized carbons (Fsp3) is 1.00. The van der Waals surface area contributed by atoms with Crippen LogP contribution in [-0.2, 0) is 9.47 Å². The van der Waals surface area contributed by atoms with Crippen molar-refractivity contribution in [2.75, 3.05) is 27.4 Å². The van der Waals surface area contributed by atoms with Gasteiger partial charge in [0.05, 0.1) is 12.2 Å². The lowest BCUT2D eigenvalue weighted by Crippen LogP contribution is -2.45. The number of methoxy groups -OCH3 is 2. The predicted molar refractivity (Wildman–Crippen MR) is 59.7 cm³/mol. The summed E-state index contributed by atoms with van der Waals surface area (Å²) in [7, 11) is 3.48. The maximum Gasteiger partial charge on any atom is 0.0639 e. The summed E-state index contributed by atoms with van der Waals surface area (Å²) in [5.74, 6) is 0. The van der Waals surface area contributed by atoms with Gasteiger partial charge in [-0.2, -0.15) is 0 Å². The van der Waals surface area contributed by atoms with Crippen molar-refractivity contribution < 1.29 is 9.47 Å². The van der Waals surface area contributed by atoms with Crippen LogP contribution in [0, 0.1) is 0 Å². The Bertz CT molecular complexity index is 155. The monoisotopic (exact) mass is 203 g/mol. The molecule has 0 saturated heterocycles. The Hall–Kier alpha value is -0.120. The third-order valence-electron chi connectivity index (χ3n) is 2.39. The summed E-state index contributed by atoms with van der Waals surface area (Å²) in [5, 5.41) is 3.45. The van der Waals surface area contributed by atoms with Crippen molar-refractivity contribution in [2.24, 2.45) is 0 Å². The molecule has 0 radical (unpaired) electrons. The molecule has 0 saturated carbocycles. The summed E-state index contributed by atoms with van der Waals surface area (Å²) >= 11 is 0. The van der Waals surface area contributed by atoms with Crippen LogP contribution in [0.3, 0.4) is 0 Å². The normalized spacial score (nSPS) is 13.3. The average Bonchev–Trinajstić information content (AvgIpc) is 2.03. The molecular formula is C11H25NO2. The molecule has 0 heterocycles. The zero-order chi connectivity index (χ0) is 11.2. The minimum absolute atomic E-state index is 0.0402.